The van der Waals surface area contributed by atoms with E-state index in [4.69, 9.17) is 14.5 Å². The number of aliphatic hydroxyl groups excluding tert-OH is 1. The van der Waals surface area contributed by atoms with Crippen LogP contribution in [0.4, 0.5) is 5.13 Å². The minimum atomic E-state index is -0.916. The normalized spacial score (nSPS) is 16.9. The number of aliphatic hydroxyl groups is 1. The predicted molar refractivity (Wildman–Crippen MR) is 149 cm³/mol. The number of rotatable bonds is 6. The summed E-state index contributed by atoms with van der Waals surface area (Å²) < 4.78 is 12.1. The summed E-state index contributed by atoms with van der Waals surface area (Å²) in [6, 6.07) is 15.8. The molecule has 0 bridgehead atoms. The summed E-state index contributed by atoms with van der Waals surface area (Å²) in [4.78, 5) is 33.3. The second kappa shape index (κ2) is 9.95. The van der Waals surface area contributed by atoms with Crippen molar-refractivity contribution < 1.29 is 24.2 Å². The first-order valence-corrected chi connectivity index (χ1v) is 13.1. The van der Waals surface area contributed by atoms with E-state index >= 15 is 0 Å². The van der Waals surface area contributed by atoms with E-state index in [1.54, 1.807) is 18.2 Å². The monoisotopic (exact) mass is 528 g/mol. The molecule has 1 aliphatic rings. The molecular weight excluding hydrogens is 500 g/mol. The third-order valence-corrected chi connectivity index (χ3v) is 7.65. The number of ether oxygens (including phenoxy) is 2. The Bertz CT molecular complexity index is 1620. The van der Waals surface area contributed by atoms with Gasteiger partial charge in [0.1, 0.15) is 5.76 Å². The Hall–Kier alpha value is -4.17. The van der Waals surface area contributed by atoms with Crippen LogP contribution in [0.5, 0.6) is 11.5 Å². The van der Waals surface area contributed by atoms with Gasteiger partial charge in [0.2, 0.25) is 0 Å². The first kappa shape index (κ1) is 25.5. The SMILES string of the molecule is CCOc1ccc(C2C(=C(O)c3cc(C)ccc3C)C(=O)C(=O)N2c2nc3ccc(C)cc3s2)cc1OC. The van der Waals surface area contributed by atoms with Crippen molar-refractivity contribution in [1.82, 2.24) is 4.98 Å². The minimum Gasteiger partial charge on any atom is -0.507 e. The lowest BCUT2D eigenvalue weighted by Crippen LogP contribution is -2.29. The summed E-state index contributed by atoms with van der Waals surface area (Å²) in [7, 11) is 1.53. The third-order valence-electron chi connectivity index (χ3n) is 6.63. The summed E-state index contributed by atoms with van der Waals surface area (Å²) in [6.07, 6.45) is 0. The van der Waals surface area contributed by atoms with Crippen LogP contribution in [0.15, 0.2) is 60.2 Å². The Morgan fingerprint density at radius 3 is 2.47 bits per heavy atom. The van der Waals surface area contributed by atoms with Crippen LogP contribution in [0.1, 0.15) is 40.8 Å². The number of amides is 1. The van der Waals surface area contributed by atoms with Gasteiger partial charge in [0.15, 0.2) is 16.6 Å². The fourth-order valence-electron chi connectivity index (χ4n) is 4.73. The van der Waals surface area contributed by atoms with Gasteiger partial charge < -0.3 is 14.6 Å². The molecule has 1 N–H and O–H groups in total. The number of carbonyl (C=O) groups is 2. The smallest absolute Gasteiger partial charge is 0.301 e. The Morgan fingerprint density at radius 2 is 1.74 bits per heavy atom. The van der Waals surface area contributed by atoms with Crippen LogP contribution >= 0.6 is 11.3 Å². The van der Waals surface area contributed by atoms with Crippen molar-refractivity contribution in [3.05, 3.63) is 88.0 Å². The molecule has 0 aliphatic carbocycles. The second-order valence-electron chi connectivity index (χ2n) is 9.30. The standard InChI is InChI=1S/C30H28N2O5S/c1-6-37-22-12-10-19(15-23(22)36-5)26-25(27(33)20-13-16(2)7-9-18(20)4)28(34)29(35)32(26)30-31-21-11-8-17(3)14-24(21)38-30/h7-15,26,33H,6H2,1-5H3. The van der Waals surface area contributed by atoms with Crippen molar-refractivity contribution in [3.8, 4) is 11.5 Å². The van der Waals surface area contributed by atoms with E-state index in [-0.39, 0.29) is 11.3 Å². The highest BCUT2D eigenvalue weighted by molar-refractivity contribution is 7.22. The molecule has 1 saturated heterocycles. The van der Waals surface area contributed by atoms with E-state index in [0.29, 0.717) is 34.4 Å². The van der Waals surface area contributed by atoms with Gasteiger partial charge in [-0.15, -0.1) is 0 Å². The van der Waals surface area contributed by atoms with Crippen LogP contribution in [0.25, 0.3) is 16.0 Å². The first-order chi connectivity index (χ1) is 18.2. The lowest BCUT2D eigenvalue weighted by molar-refractivity contribution is -0.132. The largest absolute Gasteiger partial charge is 0.507 e. The number of hydrogen-bond donors (Lipinski definition) is 1. The number of nitrogens with zero attached hydrogens (tertiary/aromatic N) is 2. The van der Waals surface area contributed by atoms with Gasteiger partial charge in [-0.2, -0.15) is 0 Å². The van der Waals surface area contributed by atoms with Crippen molar-refractivity contribution in [3.63, 3.8) is 0 Å². The molecule has 0 radical (unpaired) electrons. The van der Waals surface area contributed by atoms with Crippen molar-refractivity contribution >= 4 is 44.1 Å². The summed E-state index contributed by atoms with van der Waals surface area (Å²) in [5.41, 5.74) is 4.61. The van der Waals surface area contributed by atoms with Gasteiger partial charge in [0.05, 0.1) is 35.5 Å². The Kier molecular flexibility index (Phi) is 6.67. The summed E-state index contributed by atoms with van der Waals surface area (Å²) in [6.45, 7) is 8.08. The van der Waals surface area contributed by atoms with Crippen molar-refractivity contribution in [2.24, 2.45) is 0 Å². The zero-order chi connectivity index (χ0) is 27.1. The van der Waals surface area contributed by atoms with Crippen molar-refractivity contribution in [2.45, 2.75) is 33.7 Å². The molecule has 4 aromatic rings. The van der Waals surface area contributed by atoms with Crippen LogP contribution in [-0.2, 0) is 9.59 Å². The fraction of sp³-hybridized carbons (Fsp3) is 0.233. The van der Waals surface area contributed by atoms with E-state index in [1.165, 1.54) is 23.3 Å². The lowest BCUT2D eigenvalue weighted by atomic mass is 9.93. The molecule has 0 spiro atoms. The number of Topliss-reactive ketones (excluding diaryl/α,β-unsaturated/α-hetero) is 1. The summed E-state index contributed by atoms with van der Waals surface area (Å²) >= 11 is 1.33. The molecule has 1 unspecified atom stereocenters. The molecule has 1 amide bonds. The molecule has 38 heavy (non-hydrogen) atoms. The van der Waals surface area contributed by atoms with Gasteiger partial charge in [-0.1, -0.05) is 41.2 Å². The number of anilines is 1. The number of aryl methyl sites for hydroxylation is 3. The zero-order valence-corrected chi connectivity index (χ0v) is 22.7. The van der Waals surface area contributed by atoms with Crippen molar-refractivity contribution in [1.29, 1.82) is 0 Å². The average Bonchev–Trinajstić information content (AvgIpc) is 3.43. The molecule has 1 aromatic heterocycles. The number of hydrogen-bond acceptors (Lipinski definition) is 7. The minimum absolute atomic E-state index is 0.00495. The van der Waals surface area contributed by atoms with E-state index in [2.05, 4.69) is 0 Å². The average molecular weight is 529 g/mol. The highest BCUT2D eigenvalue weighted by Crippen LogP contribution is 2.46. The Morgan fingerprint density at radius 1 is 1.00 bits per heavy atom. The van der Waals surface area contributed by atoms with Gasteiger partial charge >= 0.3 is 5.91 Å². The summed E-state index contributed by atoms with van der Waals surface area (Å²) in [5, 5.41) is 11.9. The van der Waals surface area contributed by atoms with Gasteiger partial charge in [0.25, 0.3) is 5.78 Å². The topological polar surface area (TPSA) is 89.0 Å². The maximum atomic E-state index is 13.6. The number of ketones is 1. The van der Waals surface area contributed by atoms with Crippen LogP contribution in [0, 0.1) is 20.8 Å². The quantitative estimate of drug-likeness (QED) is 0.181. The molecule has 8 heteroatoms. The molecule has 2 heterocycles. The number of fused-ring (bicyclic) bond motifs is 1. The van der Waals surface area contributed by atoms with E-state index in [1.807, 2.05) is 64.1 Å². The van der Waals surface area contributed by atoms with Gasteiger partial charge in [-0.05, 0) is 74.7 Å². The molecule has 194 valence electrons. The van der Waals surface area contributed by atoms with Gasteiger partial charge in [-0.25, -0.2) is 4.98 Å². The Labute approximate surface area is 225 Å². The van der Waals surface area contributed by atoms with Crippen LogP contribution in [-0.4, -0.2) is 35.5 Å². The number of benzene rings is 3. The van der Waals surface area contributed by atoms with E-state index < -0.39 is 17.7 Å². The fourth-order valence-corrected chi connectivity index (χ4v) is 5.82. The molecule has 3 aromatic carbocycles. The molecule has 1 aliphatic heterocycles. The lowest BCUT2D eigenvalue weighted by Gasteiger charge is -2.24. The number of aromatic nitrogens is 1. The van der Waals surface area contributed by atoms with Gasteiger partial charge in [-0.3, -0.25) is 14.5 Å². The maximum absolute atomic E-state index is 13.6. The molecule has 5 rings (SSSR count). The molecule has 1 fully saturated rings. The number of thiazole rings is 1. The number of carbonyl (C=O) groups excluding carboxylic acids is 2. The van der Waals surface area contributed by atoms with Gasteiger partial charge in [0, 0.05) is 5.56 Å². The van der Waals surface area contributed by atoms with Crippen LogP contribution < -0.4 is 14.4 Å². The zero-order valence-electron chi connectivity index (χ0n) is 21.9. The van der Waals surface area contributed by atoms with E-state index in [0.717, 1.165) is 26.9 Å². The molecule has 1 atom stereocenters. The highest BCUT2D eigenvalue weighted by atomic mass is 32.1. The first-order valence-electron chi connectivity index (χ1n) is 12.3. The molecule has 7 nitrogen and oxygen atoms in total. The molecular formula is C30H28N2O5S. The predicted octanol–water partition coefficient (Wildman–Crippen LogP) is 6.26. The third kappa shape index (κ3) is 4.31. The van der Waals surface area contributed by atoms with Crippen LogP contribution in [0.2, 0.25) is 0 Å². The summed E-state index contributed by atoms with van der Waals surface area (Å²) in [5.74, 6) is -0.730. The molecule has 0 saturated carbocycles. The Balaban J connectivity index is 1.76. The number of methoxy groups -OCH3 is 1. The van der Waals surface area contributed by atoms with Crippen LogP contribution in [0.3, 0.4) is 0 Å². The second-order valence-corrected chi connectivity index (χ2v) is 10.3. The van der Waals surface area contributed by atoms with E-state index in [9.17, 15) is 14.7 Å². The maximum Gasteiger partial charge on any atom is 0.301 e. The van der Waals surface area contributed by atoms with Crippen molar-refractivity contribution in [2.75, 3.05) is 18.6 Å². The highest BCUT2D eigenvalue weighted by Gasteiger charge is 2.48.